The number of anilines is 1. The Kier molecular flexibility index (Phi) is 11.4. The van der Waals surface area contributed by atoms with Gasteiger partial charge in [0, 0.05) is 90.9 Å². The van der Waals surface area contributed by atoms with E-state index < -0.39 is 6.04 Å². The van der Waals surface area contributed by atoms with Crippen molar-refractivity contribution in [2.45, 2.75) is 88.3 Å². The molecular formula is C40H55N9O5. The first-order valence-corrected chi connectivity index (χ1v) is 20.1. The summed E-state index contributed by atoms with van der Waals surface area (Å²) in [4.78, 5) is 47.5. The molecule has 3 aromatic heterocycles. The lowest BCUT2D eigenvalue weighted by atomic mass is 9.89. The van der Waals surface area contributed by atoms with Crippen LogP contribution in [0.25, 0.3) is 16.6 Å². The second-order valence-electron chi connectivity index (χ2n) is 15.7. The van der Waals surface area contributed by atoms with Crippen molar-refractivity contribution in [2.24, 2.45) is 7.05 Å². The van der Waals surface area contributed by atoms with Gasteiger partial charge in [-0.1, -0.05) is 6.07 Å². The van der Waals surface area contributed by atoms with E-state index in [0.29, 0.717) is 30.1 Å². The van der Waals surface area contributed by atoms with Crippen LogP contribution >= 0.6 is 0 Å². The van der Waals surface area contributed by atoms with Gasteiger partial charge < -0.3 is 25.0 Å². The third-order valence-electron chi connectivity index (χ3n) is 12.3. The Morgan fingerprint density at radius 3 is 2.56 bits per heavy atom. The Morgan fingerprint density at radius 1 is 0.944 bits per heavy atom. The van der Waals surface area contributed by atoms with Gasteiger partial charge in [0.2, 0.25) is 5.91 Å². The summed E-state index contributed by atoms with van der Waals surface area (Å²) in [6, 6.07) is 8.45. The number of piperazine rings is 1. The third kappa shape index (κ3) is 7.98. The number of piperidine rings is 1. The van der Waals surface area contributed by atoms with E-state index in [1.807, 2.05) is 22.7 Å². The van der Waals surface area contributed by atoms with Crippen LogP contribution in [-0.4, -0.2) is 123 Å². The maximum Gasteiger partial charge on any atom is 0.329 e. The molecule has 0 bridgehead atoms. The topological polar surface area (TPSA) is 140 Å². The molecule has 3 aliphatic heterocycles. The molecule has 14 nitrogen and oxygen atoms in total. The second-order valence-corrected chi connectivity index (χ2v) is 15.7. The fourth-order valence-electron chi connectivity index (χ4n) is 9.18. The SMILES string of the molecule is Cn1c(=O)n(C2CC(=O)CNC2=O)c2ccc(CCCOCCCN3CCN(C4CCC(Nc5ncnn6ccc(C7CCOCC7)c56)CC4)CC3)cc21. The number of rotatable bonds is 13. The minimum atomic E-state index is -0.801. The monoisotopic (exact) mass is 741 g/mol. The lowest BCUT2D eigenvalue weighted by Crippen LogP contribution is -2.51. The maximum atomic E-state index is 13.0. The van der Waals surface area contributed by atoms with Crippen molar-refractivity contribution in [3.8, 4) is 0 Å². The molecule has 4 fully saturated rings. The zero-order valence-electron chi connectivity index (χ0n) is 31.6. The van der Waals surface area contributed by atoms with E-state index in [1.165, 1.54) is 23.0 Å². The number of ketones is 1. The number of hydrogen-bond donors (Lipinski definition) is 2. The highest BCUT2D eigenvalue weighted by molar-refractivity contribution is 5.96. The van der Waals surface area contributed by atoms with Gasteiger partial charge in [-0.25, -0.2) is 14.3 Å². The van der Waals surface area contributed by atoms with Crippen LogP contribution in [0, 0.1) is 0 Å². The molecule has 3 saturated heterocycles. The average molecular weight is 742 g/mol. The predicted octanol–water partition coefficient (Wildman–Crippen LogP) is 3.29. The van der Waals surface area contributed by atoms with Gasteiger partial charge in [0.05, 0.1) is 17.6 Å². The van der Waals surface area contributed by atoms with E-state index in [-0.39, 0.29) is 30.3 Å². The Labute approximate surface area is 316 Å². The van der Waals surface area contributed by atoms with Crippen LogP contribution in [0.2, 0.25) is 0 Å². The molecule has 1 aromatic carbocycles. The normalized spacial score (nSPS) is 23.7. The van der Waals surface area contributed by atoms with Crippen LogP contribution < -0.4 is 16.3 Å². The van der Waals surface area contributed by atoms with Crippen molar-refractivity contribution >= 4 is 34.1 Å². The summed E-state index contributed by atoms with van der Waals surface area (Å²) in [6.07, 6.45) is 13.4. The summed E-state index contributed by atoms with van der Waals surface area (Å²) in [5.74, 6) is 1.13. The molecule has 2 N–H and O–H groups in total. The zero-order valence-corrected chi connectivity index (χ0v) is 31.6. The number of aryl methyl sites for hydroxylation is 2. The Bertz CT molecular complexity index is 1980. The number of carbonyl (C=O) groups is 2. The van der Waals surface area contributed by atoms with Crippen LogP contribution in [0.4, 0.5) is 5.82 Å². The summed E-state index contributed by atoms with van der Waals surface area (Å²) in [7, 11) is 1.71. The number of nitrogens with zero attached hydrogens (tertiary/aromatic N) is 7. The van der Waals surface area contributed by atoms with Gasteiger partial charge in [-0.2, -0.15) is 5.10 Å². The van der Waals surface area contributed by atoms with Gasteiger partial charge in [-0.3, -0.25) is 23.6 Å². The smallest absolute Gasteiger partial charge is 0.329 e. The molecule has 8 rings (SSSR count). The van der Waals surface area contributed by atoms with Crippen LogP contribution in [0.15, 0.2) is 41.6 Å². The number of carbonyl (C=O) groups excluding carboxylic acids is 2. The molecule has 14 heteroatoms. The number of hydrogen-bond acceptors (Lipinski definition) is 10. The highest BCUT2D eigenvalue weighted by atomic mass is 16.5. The minimum absolute atomic E-state index is 0.0301. The molecule has 0 radical (unpaired) electrons. The van der Waals surface area contributed by atoms with Gasteiger partial charge in [0.25, 0.3) is 0 Å². The summed E-state index contributed by atoms with van der Waals surface area (Å²) in [5.41, 5.74) is 4.77. The van der Waals surface area contributed by atoms with Crippen molar-refractivity contribution in [3.05, 3.63) is 58.4 Å². The Morgan fingerprint density at radius 2 is 1.74 bits per heavy atom. The minimum Gasteiger partial charge on any atom is -0.381 e. The Balaban J connectivity index is 0.720. The lowest BCUT2D eigenvalue weighted by molar-refractivity contribution is -0.133. The molecule has 4 aliphatic rings. The maximum absolute atomic E-state index is 13.0. The molecule has 1 unspecified atom stereocenters. The summed E-state index contributed by atoms with van der Waals surface area (Å²) in [5, 5.41) is 10.9. The van der Waals surface area contributed by atoms with Crippen LogP contribution in [0.1, 0.15) is 80.9 Å². The predicted molar refractivity (Wildman–Crippen MR) is 206 cm³/mol. The van der Waals surface area contributed by atoms with Crippen LogP contribution in [0.5, 0.6) is 0 Å². The fraction of sp³-hybridized carbons (Fsp3) is 0.625. The molecule has 0 spiro atoms. The molecule has 1 saturated carbocycles. The van der Waals surface area contributed by atoms with Gasteiger partial charge >= 0.3 is 5.69 Å². The standard InChI is InChI=1S/C40H55N9O5/c1-45-35-24-28(5-10-34(35)49(40(45)52)36-25-32(50)26-41-39(36)51)4-2-20-53-21-3-14-46-16-18-47(19-17-46)31-8-6-30(7-9-31)44-38-37-33(29-12-22-54-23-13-29)11-15-48(37)43-27-42-38/h5,10-11,15,24,27,29-31,36H,2-4,6-9,12-14,16-23,25-26H2,1H3,(H,41,51)(H,42,43,44). The van der Waals surface area contributed by atoms with Crippen molar-refractivity contribution in [3.63, 3.8) is 0 Å². The van der Waals surface area contributed by atoms with Crippen molar-refractivity contribution in [2.75, 3.05) is 71.0 Å². The van der Waals surface area contributed by atoms with E-state index in [2.05, 4.69) is 37.8 Å². The molecule has 54 heavy (non-hydrogen) atoms. The number of benzene rings is 1. The lowest BCUT2D eigenvalue weighted by Gasteiger charge is -2.42. The molecule has 290 valence electrons. The average Bonchev–Trinajstić information content (AvgIpc) is 3.75. The molecule has 4 aromatic rings. The van der Waals surface area contributed by atoms with E-state index in [0.717, 1.165) is 120 Å². The van der Waals surface area contributed by atoms with Gasteiger partial charge in [0.15, 0.2) is 11.6 Å². The highest BCUT2D eigenvalue weighted by Crippen LogP contribution is 2.34. The first-order valence-electron chi connectivity index (χ1n) is 20.1. The summed E-state index contributed by atoms with van der Waals surface area (Å²) >= 11 is 0. The van der Waals surface area contributed by atoms with E-state index >= 15 is 0 Å². The van der Waals surface area contributed by atoms with Crippen molar-refractivity contribution in [1.29, 1.82) is 0 Å². The number of aromatic nitrogens is 5. The molecule has 1 amide bonds. The van der Waals surface area contributed by atoms with Crippen LogP contribution in [0.3, 0.4) is 0 Å². The van der Waals surface area contributed by atoms with E-state index in [1.54, 1.807) is 17.9 Å². The third-order valence-corrected chi connectivity index (χ3v) is 12.3. The molecule has 6 heterocycles. The zero-order chi connectivity index (χ0) is 37.0. The number of amides is 1. The number of imidazole rings is 1. The molecule has 1 atom stereocenters. The largest absolute Gasteiger partial charge is 0.381 e. The van der Waals surface area contributed by atoms with E-state index in [4.69, 9.17) is 14.5 Å². The number of fused-ring (bicyclic) bond motifs is 2. The first-order chi connectivity index (χ1) is 26.4. The first kappa shape index (κ1) is 36.8. The van der Waals surface area contributed by atoms with E-state index in [9.17, 15) is 14.4 Å². The van der Waals surface area contributed by atoms with Crippen molar-refractivity contribution < 1.29 is 19.1 Å². The van der Waals surface area contributed by atoms with Crippen molar-refractivity contribution in [1.82, 2.24) is 38.8 Å². The quantitative estimate of drug-likeness (QED) is 0.196. The summed E-state index contributed by atoms with van der Waals surface area (Å²) in [6.45, 7) is 8.72. The highest BCUT2D eigenvalue weighted by Gasteiger charge is 2.32. The Hall–Kier alpha value is -4.11. The number of ether oxygens (including phenoxy) is 2. The van der Waals surface area contributed by atoms with Gasteiger partial charge in [0.1, 0.15) is 17.9 Å². The molecular weight excluding hydrogens is 686 g/mol. The number of Topliss-reactive ketones (excluding diaryl/α,β-unsaturated/α-hetero) is 1. The summed E-state index contributed by atoms with van der Waals surface area (Å²) < 4.78 is 16.6. The second kappa shape index (κ2) is 16.7. The molecule has 1 aliphatic carbocycles. The fourth-order valence-corrected chi connectivity index (χ4v) is 9.18. The van der Waals surface area contributed by atoms with Gasteiger partial charge in [-0.15, -0.1) is 0 Å². The van der Waals surface area contributed by atoms with Crippen LogP contribution in [-0.2, 0) is 32.5 Å². The van der Waals surface area contributed by atoms with Gasteiger partial charge in [-0.05, 0) is 93.0 Å². The number of nitrogens with one attached hydrogen (secondary N) is 2.